The van der Waals surface area contributed by atoms with Gasteiger partial charge in [0.15, 0.2) is 11.4 Å². The summed E-state index contributed by atoms with van der Waals surface area (Å²) in [4.78, 5) is 25.9. The Bertz CT molecular complexity index is 949. The smallest absolute Gasteiger partial charge is 0.343 e. The van der Waals surface area contributed by atoms with Crippen molar-refractivity contribution < 1.29 is 34.0 Å². The van der Waals surface area contributed by atoms with Gasteiger partial charge in [0.25, 0.3) is 0 Å². The molecular formula is C22H25ClO7. The van der Waals surface area contributed by atoms with Crippen molar-refractivity contribution in [2.24, 2.45) is 5.92 Å². The van der Waals surface area contributed by atoms with Gasteiger partial charge >= 0.3 is 5.97 Å². The molecule has 3 atom stereocenters. The second-order valence-corrected chi connectivity index (χ2v) is 8.04. The number of ether oxygens (including phenoxy) is 3. The second kappa shape index (κ2) is 8.32. The summed E-state index contributed by atoms with van der Waals surface area (Å²) in [5, 5.41) is 20.7. The molecule has 162 valence electrons. The fourth-order valence-corrected chi connectivity index (χ4v) is 4.04. The van der Waals surface area contributed by atoms with Gasteiger partial charge in [-0.15, -0.1) is 0 Å². The first-order chi connectivity index (χ1) is 14.1. The van der Waals surface area contributed by atoms with E-state index >= 15 is 0 Å². The number of fused-ring (bicyclic) bond motifs is 1. The maximum absolute atomic E-state index is 13.0. The molecule has 1 aliphatic heterocycles. The monoisotopic (exact) mass is 436 g/mol. The van der Waals surface area contributed by atoms with E-state index in [1.165, 1.54) is 26.2 Å². The molecule has 1 aliphatic carbocycles. The van der Waals surface area contributed by atoms with E-state index in [0.717, 1.165) is 18.6 Å². The van der Waals surface area contributed by atoms with Gasteiger partial charge in [-0.1, -0.05) is 18.5 Å². The number of esters is 1. The first-order valence-corrected chi connectivity index (χ1v) is 10.1. The Labute approximate surface area is 179 Å². The fourth-order valence-electron chi connectivity index (χ4n) is 3.81. The topological polar surface area (TPSA) is 102 Å². The molecule has 0 aromatic heterocycles. The van der Waals surface area contributed by atoms with Crippen molar-refractivity contribution in [1.82, 2.24) is 0 Å². The molecule has 1 aromatic carbocycles. The molecule has 7 nitrogen and oxygen atoms in total. The largest absolute Gasteiger partial charge is 0.506 e. The van der Waals surface area contributed by atoms with Gasteiger partial charge in [0.05, 0.1) is 19.5 Å². The van der Waals surface area contributed by atoms with Crippen LogP contribution in [-0.2, 0) is 14.3 Å². The van der Waals surface area contributed by atoms with E-state index in [0.29, 0.717) is 11.1 Å². The van der Waals surface area contributed by atoms with Crippen LogP contribution in [0, 0.1) is 12.8 Å². The summed E-state index contributed by atoms with van der Waals surface area (Å²) in [6.45, 7) is 5.16. The van der Waals surface area contributed by atoms with E-state index in [1.807, 2.05) is 6.92 Å². The molecule has 2 N–H and O–H groups in total. The minimum atomic E-state index is -1.81. The Morgan fingerprint density at radius 1 is 1.40 bits per heavy atom. The van der Waals surface area contributed by atoms with Crippen molar-refractivity contribution in [1.29, 1.82) is 0 Å². The van der Waals surface area contributed by atoms with E-state index in [4.69, 9.17) is 25.8 Å². The van der Waals surface area contributed by atoms with Crippen LogP contribution in [0.3, 0.4) is 0 Å². The lowest BCUT2D eigenvalue weighted by atomic mass is 9.74. The van der Waals surface area contributed by atoms with Crippen LogP contribution in [0.1, 0.15) is 42.6 Å². The molecule has 1 aromatic rings. The summed E-state index contributed by atoms with van der Waals surface area (Å²) < 4.78 is 16.4. The summed E-state index contributed by atoms with van der Waals surface area (Å²) in [5.41, 5.74) is -0.824. The normalized spacial score (nSPS) is 25.6. The highest BCUT2D eigenvalue weighted by Crippen LogP contribution is 2.41. The number of carbonyl (C=O) groups excluding carboxylic acids is 2. The van der Waals surface area contributed by atoms with Crippen LogP contribution in [0.4, 0.5) is 0 Å². The Hall–Kier alpha value is -2.51. The standard InChI is InChI=1S/C22H25ClO7/c1-5-6-13-8-12-9-16(25)22(3,20(26)14(12)10-29-13)30-21(27)17-11(2)7-15(24)18(23)19(17)28-4/h7-9,14,20,24,26H,5-6,10H2,1-4H3. The summed E-state index contributed by atoms with van der Waals surface area (Å²) in [6, 6.07) is 1.30. The number of aromatic hydroxyl groups is 1. The Morgan fingerprint density at radius 3 is 2.73 bits per heavy atom. The van der Waals surface area contributed by atoms with Gasteiger partial charge in [-0.05, 0) is 49.6 Å². The predicted molar refractivity (Wildman–Crippen MR) is 110 cm³/mol. The number of halogens is 1. The Kier molecular flexibility index (Phi) is 6.15. The molecule has 0 fully saturated rings. The molecule has 3 rings (SSSR count). The van der Waals surface area contributed by atoms with Gasteiger partial charge in [0, 0.05) is 12.3 Å². The highest BCUT2D eigenvalue weighted by atomic mass is 35.5. The minimum absolute atomic E-state index is 0.0266. The lowest BCUT2D eigenvalue weighted by molar-refractivity contribution is -0.152. The summed E-state index contributed by atoms with van der Waals surface area (Å²) >= 11 is 6.05. The van der Waals surface area contributed by atoms with Crippen LogP contribution >= 0.6 is 11.6 Å². The second-order valence-electron chi connectivity index (χ2n) is 7.66. The quantitative estimate of drug-likeness (QED) is 0.681. The molecular weight excluding hydrogens is 412 g/mol. The third kappa shape index (κ3) is 3.68. The van der Waals surface area contributed by atoms with Crippen LogP contribution in [0.5, 0.6) is 11.5 Å². The lowest BCUT2D eigenvalue weighted by Crippen LogP contribution is -2.57. The zero-order valence-corrected chi connectivity index (χ0v) is 18.1. The van der Waals surface area contributed by atoms with Crippen molar-refractivity contribution in [2.45, 2.75) is 45.3 Å². The van der Waals surface area contributed by atoms with E-state index in [2.05, 4.69) is 0 Å². The lowest BCUT2D eigenvalue weighted by Gasteiger charge is -2.41. The molecule has 3 unspecified atom stereocenters. The third-order valence-electron chi connectivity index (χ3n) is 5.54. The van der Waals surface area contributed by atoms with E-state index in [1.54, 1.807) is 13.0 Å². The van der Waals surface area contributed by atoms with Gasteiger partial charge in [-0.2, -0.15) is 0 Å². The minimum Gasteiger partial charge on any atom is -0.506 e. The number of phenolic OH excluding ortho intramolecular Hbond substituents is 1. The number of phenols is 1. The molecule has 0 amide bonds. The van der Waals surface area contributed by atoms with Gasteiger partial charge in [-0.25, -0.2) is 4.79 Å². The number of allylic oxidation sites excluding steroid dienone is 2. The van der Waals surface area contributed by atoms with Crippen LogP contribution < -0.4 is 4.74 Å². The Balaban J connectivity index is 1.95. The van der Waals surface area contributed by atoms with Gasteiger partial charge < -0.3 is 24.4 Å². The molecule has 0 spiro atoms. The number of rotatable bonds is 5. The molecule has 30 heavy (non-hydrogen) atoms. The zero-order valence-electron chi connectivity index (χ0n) is 17.3. The van der Waals surface area contributed by atoms with E-state index in [-0.39, 0.29) is 28.7 Å². The maximum Gasteiger partial charge on any atom is 0.343 e. The zero-order chi connectivity index (χ0) is 22.2. The highest BCUT2D eigenvalue weighted by Gasteiger charge is 2.52. The van der Waals surface area contributed by atoms with E-state index < -0.39 is 29.4 Å². The van der Waals surface area contributed by atoms with Crippen LogP contribution in [-0.4, -0.2) is 47.4 Å². The van der Waals surface area contributed by atoms with Gasteiger partial charge in [-0.3, -0.25) is 4.79 Å². The van der Waals surface area contributed by atoms with Crippen LogP contribution in [0.15, 0.2) is 29.6 Å². The molecule has 2 aliphatic rings. The molecule has 1 heterocycles. The van der Waals surface area contributed by atoms with Gasteiger partial charge in [0.1, 0.15) is 22.4 Å². The number of hydrogen-bond acceptors (Lipinski definition) is 7. The molecule has 8 heteroatoms. The van der Waals surface area contributed by atoms with Crippen molar-refractivity contribution in [3.8, 4) is 11.5 Å². The summed E-state index contributed by atoms with van der Waals surface area (Å²) in [7, 11) is 1.30. The van der Waals surface area contributed by atoms with E-state index in [9.17, 15) is 19.8 Å². The Morgan fingerprint density at radius 2 is 2.10 bits per heavy atom. The highest BCUT2D eigenvalue weighted by molar-refractivity contribution is 6.34. The number of aliphatic hydroxyl groups excluding tert-OH is 1. The number of aliphatic hydroxyl groups is 1. The summed E-state index contributed by atoms with van der Waals surface area (Å²) in [5.74, 6) is -1.47. The number of aryl methyl sites for hydroxylation is 1. The number of carbonyl (C=O) groups is 2. The number of ketones is 1. The number of methoxy groups -OCH3 is 1. The van der Waals surface area contributed by atoms with Crippen molar-refractivity contribution in [3.63, 3.8) is 0 Å². The molecule has 0 saturated heterocycles. The molecule has 0 radical (unpaired) electrons. The van der Waals surface area contributed by atoms with Crippen molar-refractivity contribution in [2.75, 3.05) is 13.7 Å². The van der Waals surface area contributed by atoms with Crippen LogP contribution in [0.25, 0.3) is 0 Å². The average molecular weight is 437 g/mol. The first kappa shape index (κ1) is 22.2. The molecule has 0 saturated carbocycles. The maximum atomic E-state index is 13.0. The first-order valence-electron chi connectivity index (χ1n) is 9.70. The van der Waals surface area contributed by atoms with Crippen LogP contribution in [0.2, 0.25) is 5.02 Å². The third-order valence-corrected chi connectivity index (χ3v) is 5.91. The predicted octanol–water partition coefficient (Wildman–Crippen LogP) is 3.48. The number of benzene rings is 1. The van der Waals surface area contributed by atoms with Crippen molar-refractivity contribution >= 4 is 23.4 Å². The van der Waals surface area contributed by atoms with Crippen molar-refractivity contribution in [3.05, 3.63) is 45.7 Å². The SMILES string of the molecule is CCCC1=CC2=CC(=O)C(C)(OC(=O)c3c(C)cc(O)c(Cl)c3OC)C(O)C2CO1. The molecule has 0 bridgehead atoms. The van der Waals surface area contributed by atoms with Gasteiger partial charge in [0.2, 0.25) is 5.78 Å². The number of hydrogen-bond donors (Lipinski definition) is 2. The summed E-state index contributed by atoms with van der Waals surface area (Å²) in [6.07, 6.45) is 3.50. The fraction of sp³-hybridized carbons (Fsp3) is 0.455. The average Bonchev–Trinajstić information content (AvgIpc) is 2.69.